The van der Waals surface area contributed by atoms with E-state index in [9.17, 15) is 14.9 Å². The summed E-state index contributed by atoms with van der Waals surface area (Å²) in [6.45, 7) is 6.02. The highest BCUT2D eigenvalue weighted by Gasteiger charge is 2.16. The zero-order chi connectivity index (χ0) is 17.0. The molecule has 0 unspecified atom stereocenters. The SMILES string of the molecule is CC(C)(C)c1cnc(C(=O)/C=C/c2ccccc2[N+](=O)[O-])cn1. The number of hydrogen-bond acceptors (Lipinski definition) is 5. The summed E-state index contributed by atoms with van der Waals surface area (Å²) in [5, 5.41) is 10.9. The fourth-order valence-electron chi connectivity index (χ4n) is 1.89. The van der Waals surface area contributed by atoms with Gasteiger partial charge >= 0.3 is 0 Å². The van der Waals surface area contributed by atoms with Crippen molar-refractivity contribution in [3.8, 4) is 0 Å². The number of para-hydroxylation sites is 1. The average molecular weight is 311 g/mol. The van der Waals surface area contributed by atoms with Crippen LogP contribution >= 0.6 is 0 Å². The van der Waals surface area contributed by atoms with Crippen molar-refractivity contribution in [1.82, 2.24) is 9.97 Å². The Bertz CT molecular complexity index is 759. The Morgan fingerprint density at radius 1 is 1.17 bits per heavy atom. The smallest absolute Gasteiger partial charge is 0.276 e. The van der Waals surface area contributed by atoms with Crippen LogP contribution in [0, 0.1) is 10.1 Å². The van der Waals surface area contributed by atoms with Crippen molar-refractivity contribution in [3.63, 3.8) is 0 Å². The van der Waals surface area contributed by atoms with Crippen LogP contribution in [0.15, 0.2) is 42.7 Å². The number of ketones is 1. The van der Waals surface area contributed by atoms with Crippen LogP contribution in [0.4, 0.5) is 5.69 Å². The lowest BCUT2D eigenvalue weighted by atomic mass is 9.93. The molecule has 0 spiro atoms. The van der Waals surface area contributed by atoms with Gasteiger partial charge in [-0.05, 0) is 18.2 Å². The first-order valence-electron chi connectivity index (χ1n) is 7.07. The van der Waals surface area contributed by atoms with E-state index in [0.29, 0.717) is 5.56 Å². The second-order valence-corrected chi connectivity index (χ2v) is 6.05. The van der Waals surface area contributed by atoms with E-state index in [2.05, 4.69) is 9.97 Å². The molecule has 0 aliphatic heterocycles. The van der Waals surface area contributed by atoms with Crippen molar-refractivity contribution in [1.29, 1.82) is 0 Å². The summed E-state index contributed by atoms with van der Waals surface area (Å²) in [5.74, 6) is -0.351. The van der Waals surface area contributed by atoms with E-state index in [0.717, 1.165) is 5.69 Å². The number of benzene rings is 1. The number of allylic oxidation sites excluding steroid dienone is 1. The van der Waals surface area contributed by atoms with Gasteiger partial charge in [0.1, 0.15) is 5.69 Å². The molecule has 0 saturated carbocycles. The predicted octanol–water partition coefficient (Wildman–Crippen LogP) is 3.58. The predicted molar refractivity (Wildman–Crippen MR) is 87.2 cm³/mol. The lowest BCUT2D eigenvalue weighted by molar-refractivity contribution is -0.385. The number of rotatable bonds is 4. The Balaban J connectivity index is 2.21. The van der Waals surface area contributed by atoms with Crippen molar-refractivity contribution in [2.45, 2.75) is 26.2 Å². The van der Waals surface area contributed by atoms with E-state index < -0.39 is 4.92 Å². The molecule has 0 bridgehead atoms. The molecule has 0 aliphatic rings. The standard InChI is InChI=1S/C17H17N3O3/c1-17(2,3)16-11-18-13(10-19-16)15(21)9-8-12-6-4-5-7-14(12)20(22)23/h4-11H,1-3H3/b9-8+. The molecule has 0 aliphatic carbocycles. The molecule has 118 valence electrons. The molecule has 0 fully saturated rings. The van der Waals surface area contributed by atoms with E-state index in [-0.39, 0.29) is 22.6 Å². The van der Waals surface area contributed by atoms with E-state index >= 15 is 0 Å². The molecule has 1 aromatic carbocycles. The second kappa shape index (κ2) is 6.48. The van der Waals surface area contributed by atoms with Gasteiger partial charge in [-0.15, -0.1) is 0 Å². The molecule has 0 N–H and O–H groups in total. The zero-order valence-electron chi connectivity index (χ0n) is 13.2. The van der Waals surface area contributed by atoms with Crippen LogP contribution in [-0.4, -0.2) is 20.7 Å². The van der Waals surface area contributed by atoms with Crippen molar-refractivity contribution < 1.29 is 9.72 Å². The number of carbonyl (C=O) groups is 1. The molecule has 0 amide bonds. The van der Waals surface area contributed by atoms with Crippen molar-refractivity contribution in [2.24, 2.45) is 0 Å². The summed E-state index contributed by atoms with van der Waals surface area (Å²) in [6, 6.07) is 6.22. The van der Waals surface area contributed by atoms with Crippen LogP contribution in [0.5, 0.6) is 0 Å². The molecule has 1 aromatic heterocycles. The number of carbonyl (C=O) groups excluding carboxylic acids is 1. The Morgan fingerprint density at radius 3 is 2.43 bits per heavy atom. The number of nitrogens with zero attached hydrogens (tertiary/aromatic N) is 3. The molecular weight excluding hydrogens is 294 g/mol. The largest absolute Gasteiger partial charge is 0.287 e. The third kappa shape index (κ3) is 4.06. The fraction of sp³-hybridized carbons (Fsp3) is 0.235. The molecule has 0 atom stereocenters. The topological polar surface area (TPSA) is 86.0 Å². The third-order valence-electron chi connectivity index (χ3n) is 3.22. The first-order chi connectivity index (χ1) is 10.8. The number of aromatic nitrogens is 2. The summed E-state index contributed by atoms with van der Waals surface area (Å²) in [4.78, 5) is 30.9. The Morgan fingerprint density at radius 2 is 1.87 bits per heavy atom. The van der Waals surface area contributed by atoms with Gasteiger partial charge in [0.25, 0.3) is 5.69 Å². The summed E-state index contributed by atoms with van der Waals surface area (Å²) in [5.41, 5.74) is 1.16. The van der Waals surface area contributed by atoms with E-state index in [4.69, 9.17) is 0 Å². The maximum absolute atomic E-state index is 12.1. The van der Waals surface area contributed by atoms with E-state index in [1.54, 1.807) is 24.4 Å². The minimum absolute atomic E-state index is 0.0503. The molecule has 2 aromatic rings. The normalized spacial score (nSPS) is 11.6. The molecule has 1 heterocycles. The van der Waals surface area contributed by atoms with Crippen LogP contribution in [0.3, 0.4) is 0 Å². The minimum atomic E-state index is -0.484. The van der Waals surface area contributed by atoms with Crippen molar-refractivity contribution >= 4 is 17.5 Å². The van der Waals surface area contributed by atoms with Gasteiger partial charge in [0.2, 0.25) is 5.78 Å². The van der Waals surface area contributed by atoms with E-state index in [1.807, 2.05) is 20.8 Å². The van der Waals surface area contributed by atoms with Crippen LogP contribution in [0.2, 0.25) is 0 Å². The second-order valence-electron chi connectivity index (χ2n) is 6.05. The highest BCUT2D eigenvalue weighted by atomic mass is 16.6. The van der Waals surface area contributed by atoms with Gasteiger partial charge in [0.15, 0.2) is 0 Å². The minimum Gasteiger partial charge on any atom is -0.287 e. The number of nitro benzene ring substituents is 1. The summed E-state index contributed by atoms with van der Waals surface area (Å²) >= 11 is 0. The number of nitro groups is 1. The first kappa shape index (κ1) is 16.5. The van der Waals surface area contributed by atoms with Crippen LogP contribution in [0.1, 0.15) is 42.5 Å². The molecule has 23 heavy (non-hydrogen) atoms. The quantitative estimate of drug-likeness (QED) is 0.373. The van der Waals surface area contributed by atoms with Crippen molar-refractivity contribution in [2.75, 3.05) is 0 Å². The molecule has 0 radical (unpaired) electrons. The van der Waals surface area contributed by atoms with Gasteiger partial charge in [0, 0.05) is 17.7 Å². The van der Waals surface area contributed by atoms with Crippen LogP contribution in [0.25, 0.3) is 6.08 Å². The Hall–Kier alpha value is -2.89. The lowest BCUT2D eigenvalue weighted by Crippen LogP contribution is -2.14. The Kier molecular flexibility index (Phi) is 4.64. The summed E-state index contributed by atoms with van der Waals surface area (Å²) in [6.07, 6.45) is 5.68. The molecular formula is C17H17N3O3. The monoisotopic (exact) mass is 311 g/mol. The molecule has 6 nitrogen and oxygen atoms in total. The average Bonchev–Trinajstić information content (AvgIpc) is 2.52. The van der Waals surface area contributed by atoms with Gasteiger partial charge in [-0.25, -0.2) is 4.98 Å². The number of hydrogen-bond donors (Lipinski definition) is 0. The Labute approximate surface area is 134 Å². The summed E-state index contributed by atoms with van der Waals surface area (Å²) in [7, 11) is 0. The lowest BCUT2D eigenvalue weighted by Gasteiger charge is -2.16. The molecule has 6 heteroatoms. The highest BCUT2D eigenvalue weighted by molar-refractivity contribution is 6.05. The maximum Gasteiger partial charge on any atom is 0.276 e. The maximum atomic E-state index is 12.1. The summed E-state index contributed by atoms with van der Waals surface area (Å²) < 4.78 is 0. The van der Waals surface area contributed by atoms with Gasteiger partial charge in [0.05, 0.1) is 22.4 Å². The zero-order valence-corrected chi connectivity index (χ0v) is 13.2. The first-order valence-corrected chi connectivity index (χ1v) is 7.07. The van der Waals surface area contributed by atoms with E-state index in [1.165, 1.54) is 24.4 Å². The van der Waals surface area contributed by atoms with Crippen LogP contribution < -0.4 is 0 Å². The van der Waals surface area contributed by atoms with Gasteiger partial charge in [-0.3, -0.25) is 19.9 Å². The third-order valence-corrected chi connectivity index (χ3v) is 3.22. The van der Waals surface area contributed by atoms with Crippen LogP contribution in [-0.2, 0) is 5.41 Å². The van der Waals surface area contributed by atoms with Gasteiger partial charge in [-0.1, -0.05) is 32.9 Å². The molecule has 0 saturated heterocycles. The van der Waals surface area contributed by atoms with Crippen molar-refractivity contribution in [3.05, 3.63) is 69.8 Å². The highest BCUT2D eigenvalue weighted by Crippen LogP contribution is 2.20. The molecule has 2 rings (SSSR count). The fourth-order valence-corrected chi connectivity index (χ4v) is 1.89. The van der Waals surface area contributed by atoms with Gasteiger partial charge in [-0.2, -0.15) is 0 Å². The van der Waals surface area contributed by atoms with Gasteiger partial charge < -0.3 is 0 Å².